The minimum atomic E-state index is 0.00920. The molecule has 0 spiro atoms. The van der Waals surface area contributed by atoms with Crippen molar-refractivity contribution in [2.24, 2.45) is 7.05 Å². The van der Waals surface area contributed by atoms with E-state index in [1.54, 1.807) is 17.0 Å². The summed E-state index contributed by atoms with van der Waals surface area (Å²) in [6.07, 6.45) is 4.63. The number of allylic oxidation sites excluding steroid dienone is 1. The van der Waals surface area contributed by atoms with Gasteiger partial charge in [0.05, 0.1) is 23.6 Å². The first-order valence-corrected chi connectivity index (χ1v) is 6.52. The zero-order valence-electron chi connectivity index (χ0n) is 11.5. The highest BCUT2D eigenvalue weighted by Crippen LogP contribution is 2.16. The number of carbonyl (C=O) groups excluding carboxylic acids is 1. The SMILES string of the molecule is C=CCCC(=O)NCc1cc(-c2ccccn2)n(C)n1. The molecule has 0 saturated carbocycles. The van der Waals surface area contributed by atoms with Gasteiger partial charge < -0.3 is 5.32 Å². The van der Waals surface area contributed by atoms with Gasteiger partial charge in [0.25, 0.3) is 0 Å². The fourth-order valence-electron chi connectivity index (χ4n) is 1.88. The number of carbonyl (C=O) groups is 1. The summed E-state index contributed by atoms with van der Waals surface area (Å²) in [5, 5.41) is 7.22. The number of aromatic nitrogens is 3. The van der Waals surface area contributed by atoms with E-state index < -0.39 is 0 Å². The minimum absolute atomic E-state index is 0.00920. The molecule has 5 heteroatoms. The second-order valence-electron chi connectivity index (χ2n) is 4.46. The summed E-state index contributed by atoms with van der Waals surface area (Å²) < 4.78 is 1.77. The van der Waals surface area contributed by atoms with Crippen LogP contribution in [0, 0.1) is 0 Å². The Morgan fingerprint density at radius 2 is 2.35 bits per heavy atom. The molecule has 104 valence electrons. The third-order valence-electron chi connectivity index (χ3n) is 2.90. The van der Waals surface area contributed by atoms with Crippen LogP contribution in [0.15, 0.2) is 43.1 Å². The van der Waals surface area contributed by atoms with Gasteiger partial charge in [0.1, 0.15) is 0 Å². The van der Waals surface area contributed by atoms with Crippen molar-refractivity contribution < 1.29 is 4.79 Å². The van der Waals surface area contributed by atoms with Crippen LogP contribution in [0.4, 0.5) is 0 Å². The van der Waals surface area contributed by atoms with Gasteiger partial charge >= 0.3 is 0 Å². The lowest BCUT2D eigenvalue weighted by Crippen LogP contribution is -2.22. The van der Waals surface area contributed by atoms with Crippen LogP contribution in [-0.2, 0) is 18.4 Å². The topological polar surface area (TPSA) is 59.8 Å². The number of nitrogens with one attached hydrogen (secondary N) is 1. The Labute approximate surface area is 118 Å². The van der Waals surface area contributed by atoms with Crippen molar-refractivity contribution in [1.82, 2.24) is 20.1 Å². The lowest BCUT2D eigenvalue weighted by Gasteiger charge is -2.00. The van der Waals surface area contributed by atoms with Gasteiger partial charge in [0.15, 0.2) is 0 Å². The lowest BCUT2D eigenvalue weighted by atomic mass is 10.2. The first-order valence-electron chi connectivity index (χ1n) is 6.52. The van der Waals surface area contributed by atoms with Gasteiger partial charge in [-0.3, -0.25) is 14.5 Å². The zero-order chi connectivity index (χ0) is 14.4. The quantitative estimate of drug-likeness (QED) is 0.817. The molecular formula is C15H18N4O. The Bertz CT molecular complexity index is 589. The lowest BCUT2D eigenvalue weighted by molar-refractivity contribution is -0.121. The standard InChI is InChI=1S/C15H18N4O/c1-3-4-8-15(20)17-11-12-10-14(19(2)18-12)13-7-5-6-9-16-13/h3,5-7,9-10H,1,4,8,11H2,2H3,(H,17,20). The highest BCUT2D eigenvalue weighted by molar-refractivity contribution is 5.75. The predicted octanol–water partition coefficient (Wildman–Crippen LogP) is 2.06. The molecule has 0 atom stereocenters. The first-order chi connectivity index (χ1) is 9.70. The van der Waals surface area contributed by atoms with Crippen molar-refractivity contribution in [3.05, 3.63) is 48.8 Å². The second-order valence-corrected chi connectivity index (χ2v) is 4.46. The van der Waals surface area contributed by atoms with Crippen LogP contribution < -0.4 is 5.32 Å². The first kappa shape index (κ1) is 14.0. The van der Waals surface area contributed by atoms with Crippen molar-refractivity contribution in [2.75, 3.05) is 0 Å². The molecule has 2 heterocycles. The molecule has 0 aliphatic rings. The maximum absolute atomic E-state index is 11.5. The largest absolute Gasteiger partial charge is 0.350 e. The van der Waals surface area contributed by atoms with Crippen LogP contribution >= 0.6 is 0 Å². The van der Waals surface area contributed by atoms with Crippen LogP contribution in [0.1, 0.15) is 18.5 Å². The molecule has 2 aromatic heterocycles. The van der Waals surface area contributed by atoms with Crippen molar-refractivity contribution in [1.29, 1.82) is 0 Å². The predicted molar refractivity (Wildman–Crippen MR) is 77.7 cm³/mol. The molecule has 0 fully saturated rings. The number of amides is 1. The molecule has 1 amide bonds. The Hall–Kier alpha value is -2.43. The number of pyridine rings is 1. The molecule has 1 N–H and O–H groups in total. The molecule has 0 saturated heterocycles. The van der Waals surface area contributed by atoms with Crippen LogP contribution in [0.3, 0.4) is 0 Å². The van der Waals surface area contributed by atoms with Crippen molar-refractivity contribution in [3.63, 3.8) is 0 Å². The second kappa shape index (κ2) is 6.65. The van der Waals surface area contributed by atoms with Crippen molar-refractivity contribution in [2.45, 2.75) is 19.4 Å². The molecule has 0 bridgehead atoms. The molecular weight excluding hydrogens is 252 g/mol. The summed E-state index contributed by atoms with van der Waals surface area (Å²) >= 11 is 0. The molecule has 2 rings (SSSR count). The summed E-state index contributed by atoms with van der Waals surface area (Å²) in [5.41, 5.74) is 2.62. The molecule has 20 heavy (non-hydrogen) atoms. The number of aryl methyl sites for hydroxylation is 1. The minimum Gasteiger partial charge on any atom is -0.350 e. The van der Waals surface area contributed by atoms with Crippen molar-refractivity contribution >= 4 is 5.91 Å². The van der Waals surface area contributed by atoms with Crippen LogP contribution in [0.5, 0.6) is 0 Å². The highest BCUT2D eigenvalue weighted by atomic mass is 16.1. The average molecular weight is 270 g/mol. The summed E-state index contributed by atoms with van der Waals surface area (Å²) in [6.45, 7) is 4.02. The van der Waals surface area contributed by atoms with E-state index in [0.717, 1.165) is 17.1 Å². The van der Waals surface area contributed by atoms with Crippen LogP contribution in [0.2, 0.25) is 0 Å². The Balaban J connectivity index is 2.01. The summed E-state index contributed by atoms with van der Waals surface area (Å²) in [7, 11) is 1.87. The Kier molecular flexibility index (Phi) is 4.65. The van der Waals surface area contributed by atoms with Crippen LogP contribution in [0.25, 0.3) is 11.4 Å². The molecule has 0 unspecified atom stereocenters. The third kappa shape index (κ3) is 3.54. The van der Waals surface area contributed by atoms with E-state index in [0.29, 0.717) is 19.4 Å². The smallest absolute Gasteiger partial charge is 0.220 e. The van der Waals surface area contributed by atoms with Gasteiger partial charge in [-0.05, 0) is 24.6 Å². The van der Waals surface area contributed by atoms with E-state index >= 15 is 0 Å². The Morgan fingerprint density at radius 3 is 3.05 bits per heavy atom. The molecule has 0 aromatic carbocycles. The summed E-state index contributed by atoms with van der Waals surface area (Å²) in [4.78, 5) is 15.8. The molecule has 5 nitrogen and oxygen atoms in total. The normalized spacial score (nSPS) is 10.2. The third-order valence-corrected chi connectivity index (χ3v) is 2.90. The van der Waals surface area contributed by atoms with Gasteiger partial charge in [-0.25, -0.2) is 0 Å². The highest BCUT2D eigenvalue weighted by Gasteiger charge is 2.09. The van der Waals surface area contributed by atoms with Crippen molar-refractivity contribution in [3.8, 4) is 11.4 Å². The number of nitrogens with zero attached hydrogens (tertiary/aromatic N) is 3. The maximum atomic E-state index is 11.5. The fraction of sp³-hybridized carbons (Fsp3) is 0.267. The van der Waals surface area contributed by atoms with E-state index in [2.05, 4.69) is 22.0 Å². The zero-order valence-corrected chi connectivity index (χ0v) is 11.5. The number of hydrogen-bond acceptors (Lipinski definition) is 3. The van der Waals surface area contributed by atoms with E-state index in [1.165, 1.54) is 0 Å². The fourth-order valence-corrected chi connectivity index (χ4v) is 1.88. The van der Waals surface area contributed by atoms with E-state index in [1.807, 2.05) is 31.3 Å². The number of rotatable bonds is 6. The van der Waals surface area contributed by atoms with Gasteiger partial charge in [0.2, 0.25) is 5.91 Å². The van der Waals surface area contributed by atoms with Gasteiger partial charge in [-0.2, -0.15) is 5.10 Å². The maximum Gasteiger partial charge on any atom is 0.220 e. The number of hydrogen-bond donors (Lipinski definition) is 1. The molecule has 0 aliphatic carbocycles. The molecule has 2 aromatic rings. The average Bonchev–Trinajstić information content (AvgIpc) is 2.85. The van der Waals surface area contributed by atoms with E-state index in [9.17, 15) is 4.79 Å². The van der Waals surface area contributed by atoms with Gasteiger partial charge in [0, 0.05) is 19.7 Å². The van der Waals surface area contributed by atoms with E-state index in [-0.39, 0.29) is 5.91 Å². The summed E-state index contributed by atoms with van der Waals surface area (Å²) in [6, 6.07) is 7.69. The monoisotopic (exact) mass is 270 g/mol. The summed E-state index contributed by atoms with van der Waals surface area (Å²) in [5.74, 6) is 0.00920. The van der Waals surface area contributed by atoms with E-state index in [4.69, 9.17) is 0 Å². The molecule has 0 radical (unpaired) electrons. The molecule has 0 aliphatic heterocycles. The van der Waals surface area contributed by atoms with Gasteiger partial charge in [-0.1, -0.05) is 12.1 Å². The van der Waals surface area contributed by atoms with Crippen LogP contribution in [-0.4, -0.2) is 20.7 Å². The van der Waals surface area contributed by atoms with Gasteiger partial charge in [-0.15, -0.1) is 6.58 Å². The Morgan fingerprint density at radius 1 is 1.50 bits per heavy atom.